The Labute approximate surface area is 119 Å². The average molecular weight is 285 g/mol. The van der Waals surface area contributed by atoms with Crippen molar-refractivity contribution in [2.75, 3.05) is 6.26 Å². The molecule has 1 aromatic carbocycles. The zero-order chi connectivity index (χ0) is 13.6. The third-order valence-electron chi connectivity index (χ3n) is 3.70. The largest absolute Gasteiger partial charge is 0.496 e. The predicted octanol–water partition coefficient (Wildman–Crippen LogP) is 3.36. The summed E-state index contributed by atoms with van der Waals surface area (Å²) in [6.07, 6.45) is 2.04. The Morgan fingerprint density at radius 3 is 2.17 bits per heavy atom. The van der Waals surface area contributed by atoms with E-state index < -0.39 is 0 Å². The van der Waals surface area contributed by atoms with Gasteiger partial charge in [-0.05, 0) is 57.6 Å². The first-order chi connectivity index (χ1) is 8.27. The van der Waals surface area contributed by atoms with Gasteiger partial charge >= 0.3 is 7.12 Å². The summed E-state index contributed by atoms with van der Waals surface area (Å²) in [5.41, 5.74) is 0.361. The Bertz CT molecular complexity index is 446. The number of rotatable bonds is 2. The van der Waals surface area contributed by atoms with Crippen molar-refractivity contribution in [1.82, 2.24) is 0 Å². The first-order valence-corrected chi connectivity index (χ1v) is 7.56. The minimum Gasteiger partial charge on any atom is -0.399 e. The molecule has 0 aromatic heterocycles. The standard InChI is InChI=1S/C13H18BClO2S/c1-12(2)13(3,4)17-14(16-12)10-8-9(15)6-7-11(10)18-5/h6-8H,1-5H3. The van der Waals surface area contributed by atoms with Crippen LogP contribution in [-0.4, -0.2) is 24.6 Å². The van der Waals surface area contributed by atoms with Gasteiger partial charge in [0, 0.05) is 9.92 Å². The van der Waals surface area contributed by atoms with Gasteiger partial charge in [0.15, 0.2) is 0 Å². The van der Waals surface area contributed by atoms with Crippen LogP contribution in [0, 0.1) is 0 Å². The summed E-state index contributed by atoms with van der Waals surface area (Å²) in [5, 5.41) is 0.706. The summed E-state index contributed by atoms with van der Waals surface area (Å²) < 4.78 is 12.1. The van der Waals surface area contributed by atoms with Crippen LogP contribution < -0.4 is 5.46 Å². The van der Waals surface area contributed by atoms with Gasteiger partial charge in [0.05, 0.1) is 11.2 Å². The van der Waals surface area contributed by atoms with E-state index in [4.69, 9.17) is 20.9 Å². The molecule has 0 atom stereocenters. The fourth-order valence-corrected chi connectivity index (χ4v) is 2.63. The topological polar surface area (TPSA) is 18.5 Å². The molecule has 0 bridgehead atoms. The fraction of sp³-hybridized carbons (Fsp3) is 0.538. The van der Waals surface area contributed by atoms with E-state index in [0.717, 1.165) is 10.4 Å². The summed E-state index contributed by atoms with van der Waals surface area (Å²) >= 11 is 7.75. The van der Waals surface area contributed by atoms with Crippen molar-refractivity contribution in [3.63, 3.8) is 0 Å². The van der Waals surface area contributed by atoms with Crippen molar-refractivity contribution in [3.05, 3.63) is 23.2 Å². The van der Waals surface area contributed by atoms with E-state index in [9.17, 15) is 0 Å². The Morgan fingerprint density at radius 1 is 1.11 bits per heavy atom. The van der Waals surface area contributed by atoms with E-state index in [-0.39, 0.29) is 18.3 Å². The summed E-state index contributed by atoms with van der Waals surface area (Å²) in [4.78, 5) is 1.14. The molecule has 0 amide bonds. The lowest BCUT2D eigenvalue weighted by atomic mass is 9.79. The lowest BCUT2D eigenvalue weighted by Gasteiger charge is -2.32. The lowest BCUT2D eigenvalue weighted by Crippen LogP contribution is -2.41. The number of hydrogen-bond acceptors (Lipinski definition) is 3. The van der Waals surface area contributed by atoms with Crippen molar-refractivity contribution >= 4 is 35.9 Å². The van der Waals surface area contributed by atoms with Gasteiger partial charge in [0.2, 0.25) is 0 Å². The van der Waals surface area contributed by atoms with Crippen LogP contribution in [-0.2, 0) is 9.31 Å². The molecule has 0 radical (unpaired) electrons. The molecule has 0 saturated carbocycles. The molecule has 98 valence electrons. The van der Waals surface area contributed by atoms with E-state index in [2.05, 4.69) is 27.7 Å². The zero-order valence-electron chi connectivity index (χ0n) is 11.4. The van der Waals surface area contributed by atoms with Gasteiger partial charge in [-0.15, -0.1) is 11.8 Å². The van der Waals surface area contributed by atoms with Crippen LogP contribution in [0.25, 0.3) is 0 Å². The second kappa shape index (κ2) is 4.75. The van der Waals surface area contributed by atoms with Crippen LogP contribution in [0.4, 0.5) is 0 Å². The Hall–Kier alpha value is -0.155. The molecule has 1 fully saturated rings. The summed E-state index contributed by atoms with van der Waals surface area (Å²) in [7, 11) is -0.351. The van der Waals surface area contributed by atoms with Crippen molar-refractivity contribution in [2.24, 2.45) is 0 Å². The summed E-state index contributed by atoms with van der Waals surface area (Å²) in [5.74, 6) is 0. The number of hydrogen-bond donors (Lipinski definition) is 0. The molecule has 0 unspecified atom stereocenters. The zero-order valence-corrected chi connectivity index (χ0v) is 13.0. The van der Waals surface area contributed by atoms with Crippen molar-refractivity contribution < 1.29 is 9.31 Å². The molecule has 0 spiro atoms. The molecule has 0 N–H and O–H groups in total. The number of halogens is 1. The highest BCUT2D eigenvalue weighted by Crippen LogP contribution is 2.37. The average Bonchev–Trinajstić information content (AvgIpc) is 2.48. The van der Waals surface area contributed by atoms with E-state index in [1.807, 2.05) is 24.5 Å². The van der Waals surface area contributed by atoms with Crippen LogP contribution in [0.2, 0.25) is 5.02 Å². The van der Waals surface area contributed by atoms with Crippen molar-refractivity contribution in [1.29, 1.82) is 0 Å². The Kier molecular flexibility index (Phi) is 3.76. The summed E-state index contributed by atoms with van der Waals surface area (Å²) in [6, 6.07) is 5.82. The third kappa shape index (κ3) is 2.44. The monoisotopic (exact) mass is 284 g/mol. The van der Waals surface area contributed by atoms with Gasteiger partial charge in [0.25, 0.3) is 0 Å². The molecule has 1 aromatic rings. The van der Waals surface area contributed by atoms with Gasteiger partial charge in [-0.2, -0.15) is 0 Å². The molecule has 1 aliphatic rings. The van der Waals surface area contributed by atoms with Gasteiger partial charge in [0.1, 0.15) is 0 Å². The highest BCUT2D eigenvalue weighted by atomic mass is 35.5. The first-order valence-electron chi connectivity index (χ1n) is 5.96. The van der Waals surface area contributed by atoms with E-state index >= 15 is 0 Å². The number of benzene rings is 1. The van der Waals surface area contributed by atoms with Crippen LogP contribution in [0.15, 0.2) is 23.1 Å². The highest BCUT2D eigenvalue weighted by Gasteiger charge is 2.52. The van der Waals surface area contributed by atoms with Gasteiger partial charge in [-0.3, -0.25) is 0 Å². The van der Waals surface area contributed by atoms with Crippen molar-refractivity contribution in [3.8, 4) is 0 Å². The van der Waals surface area contributed by atoms with Crippen LogP contribution in [0.1, 0.15) is 27.7 Å². The molecule has 5 heteroatoms. The third-order valence-corrected chi connectivity index (χ3v) is 4.75. The molecular weight excluding hydrogens is 266 g/mol. The van der Waals surface area contributed by atoms with Gasteiger partial charge < -0.3 is 9.31 Å². The van der Waals surface area contributed by atoms with Crippen molar-refractivity contribution in [2.45, 2.75) is 43.8 Å². The molecule has 2 rings (SSSR count). The lowest BCUT2D eigenvalue weighted by molar-refractivity contribution is 0.00578. The smallest absolute Gasteiger partial charge is 0.399 e. The number of thioether (sulfide) groups is 1. The van der Waals surface area contributed by atoms with Crippen LogP contribution in [0.5, 0.6) is 0 Å². The fourth-order valence-electron chi connectivity index (χ4n) is 1.86. The van der Waals surface area contributed by atoms with E-state index in [1.54, 1.807) is 11.8 Å². The SMILES string of the molecule is CSc1ccc(Cl)cc1B1OC(C)(C)C(C)(C)O1. The maximum atomic E-state index is 6.07. The van der Waals surface area contributed by atoms with Gasteiger partial charge in [-0.1, -0.05) is 11.6 Å². The first kappa shape index (κ1) is 14.3. The molecule has 1 aliphatic heterocycles. The van der Waals surface area contributed by atoms with Crippen LogP contribution >= 0.6 is 23.4 Å². The molecular formula is C13H18BClO2S. The Morgan fingerprint density at radius 2 is 1.67 bits per heavy atom. The second-order valence-corrected chi connectivity index (χ2v) is 6.76. The maximum absolute atomic E-state index is 6.07. The van der Waals surface area contributed by atoms with Crippen LogP contribution in [0.3, 0.4) is 0 Å². The molecule has 2 nitrogen and oxygen atoms in total. The molecule has 1 saturated heterocycles. The van der Waals surface area contributed by atoms with E-state index in [0.29, 0.717) is 5.02 Å². The minimum absolute atomic E-state index is 0.324. The maximum Gasteiger partial charge on any atom is 0.496 e. The predicted molar refractivity (Wildman–Crippen MR) is 78.9 cm³/mol. The molecule has 0 aliphatic carbocycles. The Balaban J connectivity index is 2.37. The second-order valence-electron chi connectivity index (χ2n) is 5.47. The molecule has 1 heterocycles. The summed E-state index contributed by atoms with van der Waals surface area (Å²) in [6.45, 7) is 8.21. The quantitative estimate of drug-likeness (QED) is 0.613. The van der Waals surface area contributed by atoms with E-state index in [1.165, 1.54) is 0 Å². The normalized spacial score (nSPS) is 21.3. The highest BCUT2D eigenvalue weighted by molar-refractivity contribution is 7.98. The minimum atomic E-state index is -0.351. The molecule has 18 heavy (non-hydrogen) atoms. The van der Waals surface area contributed by atoms with Gasteiger partial charge in [-0.25, -0.2) is 0 Å².